The molecule has 12 heavy (non-hydrogen) atoms. The molecule has 0 aromatic heterocycles. The zero-order chi connectivity index (χ0) is 9.35. The van der Waals surface area contributed by atoms with Gasteiger partial charge in [0.2, 0.25) is 5.91 Å². The van der Waals surface area contributed by atoms with Gasteiger partial charge in [-0.1, -0.05) is 13.8 Å². The average Bonchev–Trinajstić information content (AvgIpc) is 2.68. The smallest absolute Gasteiger partial charge is 0.233 e. The summed E-state index contributed by atoms with van der Waals surface area (Å²) < 4.78 is 0. The van der Waals surface area contributed by atoms with Gasteiger partial charge in [0.1, 0.15) is 0 Å². The second-order valence-corrected chi connectivity index (χ2v) is 4.75. The van der Waals surface area contributed by atoms with Crippen LogP contribution in [-0.2, 0) is 4.79 Å². The molecule has 0 radical (unpaired) electrons. The molecule has 1 fully saturated rings. The minimum Gasteiger partial charge on any atom is -0.349 e. The van der Waals surface area contributed by atoms with Crippen molar-refractivity contribution in [2.45, 2.75) is 44.4 Å². The summed E-state index contributed by atoms with van der Waals surface area (Å²) in [6, 6.07) is 0. The maximum Gasteiger partial charge on any atom is 0.233 e. The van der Waals surface area contributed by atoms with Crippen molar-refractivity contribution in [2.24, 2.45) is 5.92 Å². The molecule has 1 saturated carbocycles. The maximum atomic E-state index is 11.3. The van der Waals surface area contributed by atoms with Crippen LogP contribution in [0.15, 0.2) is 0 Å². The van der Waals surface area contributed by atoms with E-state index in [2.05, 4.69) is 31.8 Å². The van der Waals surface area contributed by atoms with Gasteiger partial charge in [0, 0.05) is 5.54 Å². The summed E-state index contributed by atoms with van der Waals surface area (Å²) in [5.41, 5.74) is 0.105. The highest BCUT2D eigenvalue weighted by Gasteiger charge is 2.46. The number of carbonyl (C=O) groups is 1. The Bertz CT molecular complexity index is 185. The summed E-state index contributed by atoms with van der Waals surface area (Å²) in [7, 11) is 0. The molecular weight excluding hydrogens is 170 g/mol. The van der Waals surface area contributed by atoms with Gasteiger partial charge in [-0.15, -0.1) is 0 Å². The van der Waals surface area contributed by atoms with Gasteiger partial charge in [-0.3, -0.25) is 4.79 Å². The van der Waals surface area contributed by atoms with Crippen molar-refractivity contribution in [3.8, 4) is 0 Å². The molecule has 0 aliphatic heterocycles. The summed E-state index contributed by atoms with van der Waals surface area (Å²) in [6.45, 7) is 6.10. The highest BCUT2D eigenvalue weighted by molar-refractivity contribution is 7.81. The molecule has 1 aliphatic carbocycles. The Balaban J connectivity index is 2.46. The van der Waals surface area contributed by atoms with E-state index in [1.165, 1.54) is 0 Å². The first-order valence-corrected chi connectivity index (χ1v) is 5.00. The number of carbonyl (C=O) groups excluding carboxylic acids is 1. The second-order valence-electron chi connectivity index (χ2n) is 3.98. The van der Waals surface area contributed by atoms with Crippen molar-refractivity contribution in [1.82, 2.24) is 5.32 Å². The van der Waals surface area contributed by atoms with Crippen molar-refractivity contribution < 1.29 is 4.79 Å². The van der Waals surface area contributed by atoms with Gasteiger partial charge in [-0.2, -0.15) is 12.6 Å². The quantitative estimate of drug-likeness (QED) is 0.646. The predicted octanol–water partition coefficient (Wildman–Crippen LogP) is 1.61. The fourth-order valence-corrected chi connectivity index (χ4v) is 1.40. The molecule has 70 valence electrons. The van der Waals surface area contributed by atoms with E-state index in [1.807, 2.05) is 0 Å². The van der Waals surface area contributed by atoms with Crippen LogP contribution in [0, 0.1) is 5.92 Å². The van der Waals surface area contributed by atoms with Gasteiger partial charge in [0.25, 0.3) is 0 Å². The number of amides is 1. The normalized spacial score (nSPS) is 22.1. The van der Waals surface area contributed by atoms with Crippen LogP contribution < -0.4 is 5.32 Å². The fraction of sp³-hybridized carbons (Fsp3) is 0.889. The Morgan fingerprint density at radius 1 is 1.42 bits per heavy atom. The third-order valence-electron chi connectivity index (χ3n) is 2.65. The van der Waals surface area contributed by atoms with E-state index in [4.69, 9.17) is 0 Å². The van der Waals surface area contributed by atoms with Crippen molar-refractivity contribution in [1.29, 1.82) is 0 Å². The molecule has 1 unspecified atom stereocenters. The molecule has 1 amide bonds. The highest BCUT2D eigenvalue weighted by atomic mass is 32.1. The molecule has 0 bridgehead atoms. The Hall–Kier alpha value is -0.180. The summed E-state index contributed by atoms with van der Waals surface area (Å²) in [6.07, 6.45) is 2.24. The first kappa shape index (κ1) is 9.90. The molecule has 0 aromatic carbocycles. The number of rotatable bonds is 3. The third-order valence-corrected chi connectivity index (χ3v) is 2.88. The van der Waals surface area contributed by atoms with Crippen LogP contribution in [0.5, 0.6) is 0 Å². The van der Waals surface area contributed by atoms with E-state index in [0.29, 0.717) is 5.92 Å². The monoisotopic (exact) mass is 187 g/mol. The van der Waals surface area contributed by atoms with Gasteiger partial charge in [0.05, 0.1) is 5.25 Å². The third kappa shape index (κ3) is 1.94. The highest BCUT2D eigenvalue weighted by Crippen LogP contribution is 2.42. The summed E-state index contributed by atoms with van der Waals surface area (Å²) in [5.74, 6) is 0.595. The lowest BCUT2D eigenvalue weighted by Gasteiger charge is -2.22. The Kier molecular flexibility index (Phi) is 2.71. The lowest BCUT2D eigenvalue weighted by molar-refractivity contribution is -0.121. The molecule has 0 saturated heterocycles. The molecule has 1 rings (SSSR count). The van der Waals surface area contributed by atoms with Gasteiger partial charge < -0.3 is 5.32 Å². The fourth-order valence-electron chi connectivity index (χ4n) is 1.33. The summed E-state index contributed by atoms with van der Waals surface area (Å²) in [4.78, 5) is 11.3. The van der Waals surface area contributed by atoms with Crippen molar-refractivity contribution in [2.75, 3.05) is 0 Å². The number of nitrogens with one attached hydrogen (secondary N) is 1. The average molecular weight is 187 g/mol. The predicted molar refractivity (Wildman–Crippen MR) is 53.4 cm³/mol. The van der Waals surface area contributed by atoms with Crippen LogP contribution in [0.2, 0.25) is 0 Å². The van der Waals surface area contributed by atoms with Gasteiger partial charge in [0.15, 0.2) is 0 Å². The molecule has 3 heteroatoms. The minimum atomic E-state index is -0.193. The largest absolute Gasteiger partial charge is 0.349 e. The molecule has 0 spiro atoms. The molecule has 2 nitrogen and oxygen atoms in total. The minimum absolute atomic E-state index is 0.0598. The number of hydrogen-bond donors (Lipinski definition) is 2. The summed E-state index contributed by atoms with van der Waals surface area (Å²) in [5, 5.41) is 2.86. The second kappa shape index (κ2) is 3.29. The Morgan fingerprint density at radius 2 is 1.92 bits per heavy atom. The lowest BCUT2D eigenvalue weighted by atomic mass is 10.0. The summed E-state index contributed by atoms with van der Waals surface area (Å²) >= 11 is 4.09. The van der Waals surface area contributed by atoms with Crippen LogP contribution in [0.25, 0.3) is 0 Å². The molecule has 1 N–H and O–H groups in total. The van der Waals surface area contributed by atoms with Crippen molar-refractivity contribution in [3.63, 3.8) is 0 Å². The van der Waals surface area contributed by atoms with Gasteiger partial charge in [-0.05, 0) is 25.7 Å². The van der Waals surface area contributed by atoms with E-state index in [1.54, 1.807) is 6.92 Å². The zero-order valence-electron chi connectivity index (χ0n) is 7.92. The molecular formula is C9H17NOS. The first-order valence-electron chi connectivity index (χ1n) is 4.48. The van der Waals surface area contributed by atoms with E-state index in [0.717, 1.165) is 12.8 Å². The molecule has 1 aliphatic rings. The van der Waals surface area contributed by atoms with E-state index in [-0.39, 0.29) is 16.7 Å². The maximum absolute atomic E-state index is 11.3. The van der Waals surface area contributed by atoms with Crippen molar-refractivity contribution >= 4 is 18.5 Å². The van der Waals surface area contributed by atoms with Crippen molar-refractivity contribution in [3.05, 3.63) is 0 Å². The Labute approximate surface area is 79.5 Å². The number of hydrogen-bond acceptors (Lipinski definition) is 2. The molecule has 1 atom stereocenters. The van der Waals surface area contributed by atoms with Crippen LogP contribution in [0.4, 0.5) is 0 Å². The van der Waals surface area contributed by atoms with E-state index < -0.39 is 0 Å². The van der Waals surface area contributed by atoms with Crippen LogP contribution >= 0.6 is 12.6 Å². The SMILES string of the molecule is CC(S)C(=O)NC1(C(C)C)CC1. The van der Waals surface area contributed by atoms with Gasteiger partial charge >= 0.3 is 0 Å². The molecule has 0 heterocycles. The van der Waals surface area contributed by atoms with Crippen LogP contribution in [-0.4, -0.2) is 16.7 Å². The molecule has 0 aromatic rings. The zero-order valence-corrected chi connectivity index (χ0v) is 8.82. The van der Waals surface area contributed by atoms with E-state index >= 15 is 0 Å². The van der Waals surface area contributed by atoms with Crippen LogP contribution in [0.1, 0.15) is 33.6 Å². The standard InChI is InChI=1S/C9H17NOS/c1-6(2)9(4-5-9)10-8(11)7(3)12/h6-7,12H,4-5H2,1-3H3,(H,10,11). The number of thiol groups is 1. The topological polar surface area (TPSA) is 29.1 Å². The van der Waals surface area contributed by atoms with E-state index in [9.17, 15) is 4.79 Å². The van der Waals surface area contributed by atoms with Crippen LogP contribution in [0.3, 0.4) is 0 Å². The Morgan fingerprint density at radius 3 is 2.17 bits per heavy atom. The first-order chi connectivity index (χ1) is 5.48. The van der Waals surface area contributed by atoms with Gasteiger partial charge in [-0.25, -0.2) is 0 Å². The lowest BCUT2D eigenvalue weighted by Crippen LogP contribution is -2.43.